The number of aromatic amines is 1. The Hall–Kier alpha value is -3.16. The van der Waals surface area contributed by atoms with Crippen LogP contribution < -0.4 is 0 Å². The number of H-pyrrole nitrogens is 1. The first-order valence-corrected chi connectivity index (χ1v) is 10.7. The van der Waals surface area contributed by atoms with Crippen molar-refractivity contribution in [2.75, 3.05) is 39.4 Å². The van der Waals surface area contributed by atoms with Gasteiger partial charge < -0.3 is 19.7 Å². The summed E-state index contributed by atoms with van der Waals surface area (Å²) in [6.45, 7) is 5.49. The summed E-state index contributed by atoms with van der Waals surface area (Å²) in [5.41, 5.74) is 6.65. The van der Waals surface area contributed by atoms with Gasteiger partial charge in [0.05, 0.1) is 13.2 Å². The number of morpholine rings is 1. The van der Waals surface area contributed by atoms with E-state index in [9.17, 15) is 9.90 Å². The van der Waals surface area contributed by atoms with Crippen LogP contribution in [0.15, 0.2) is 48.8 Å². The lowest BCUT2D eigenvalue weighted by Crippen LogP contribution is -2.35. The van der Waals surface area contributed by atoms with E-state index in [4.69, 9.17) is 4.74 Å². The van der Waals surface area contributed by atoms with Gasteiger partial charge in [-0.05, 0) is 29.2 Å². The highest BCUT2D eigenvalue weighted by atomic mass is 16.5. The topological polar surface area (TPSA) is 81.7 Å². The van der Waals surface area contributed by atoms with E-state index in [0.29, 0.717) is 19.5 Å². The predicted octanol–water partition coefficient (Wildman–Crippen LogP) is 3.83. The second-order valence-corrected chi connectivity index (χ2v) is 8.12. The number of ether oxygens (including phenoxy) is 1. The average molecular weight is 418 g/mol. The van der Waals surface area contributed by atoms with Crippen LogP contribution in [0.5, 0.6) is 0 Å². The van der Waals surface area contributed by atoms with Crippen molar-refractivity contribution in [2.24, 2.45) is 0 Å². The molecule has 0 bridgehead atoms. The SMILES string of the molecule is O=C(O)N1CC=C(c2c[nH]c3ncc(-c4ccc(CN5CCOCC5)cc4)cc23)CC1. The molecule has 2 aliphatic heterocycles. The van der Waals surface area contributed by atoms with Crippen LogP contribution in [-0.4, -0.2) is 70.4 Å². The van der Waals surface area contributed by atoms with Crippen molar-refractivity contribution >= 4 is 22.7 Å². The van der Waals surface area contributed by atoms with Crippen molar-refractivity contribution in [3.05, 3.63) is 59.9 Å². The zero-order valence-electron chi connectivity index (χ0n) is 17.4. The van der Waals surface area contributed by atoms with Crippen LogP contribution in [0.4, 0.5) is 4.79 Å². The number of nitrogens with zero attached hydrogens (tertiary/aromatic N) is 3. The van der Waals surface area contributed by atoms with Gasteiger partial charge in [0.25, 0.3) is 0 Å². The number of fused-ring (bicyclic) bond motifs is 1. The normalized spacial score (nSPS) is 17.7. The number of nitrogens with one attached hydrogen (secondary N) is 1. The molecule has 1 amide bonds. The molecule has 0 radical (unpaired) electrons. The van der Waals surface area contributed by atoms with Crippen molar-refractivity contribution in [1.82, 2.24) is 19.8 Å². The first kappa shape index (κ1) is 19.8. The van der Waals surface area contributed by atoms with E-state index in [1.165, 1.54) is 16.0 Å². The Bertz CT molecular complexity index is 1110. The summed E-state index contributed by atoms with van der Waals surface area (Å²) in [4.78, 5) is 22.9. The highest BCUT2D eigenvalue weighted by Crippen LogP contribution is 2.31. The van der Waals surface area contributed by atoms with Gasteiger partial charge in [0.15, 0.2) is 0 Å². The van der Waals surface area contributed by atoms with Gasteiger partial charge in [-0.2, -0.15) is 0 Å². The summed E-state index contributed by atoms with van der Waals surface area (Å²) in [7, 11) is 0. The lowest BCUT2D eigenvalue weighted by atomic mass is 9.98. The van der Waals surface area contributed by atoms with Crippen molar-refractivity contribution in [3.63, 3.8) is 0 Å². The summed E-state index contributed by atoms with van der Waals surface area (Å²) in [6.07, 6.45) is 5.73. The Morgan fingerprint density at radius 1 is 1.13 bits per heavy atom. The monoisotopic (exact) mass is 418 g/mol. The van der Waals surface area contributed by atoms with Crippen LogP contribution in [-0.2, 0) is 11.3 Å². The van der Waals surface area contributed by atoms with Gasteiger partial charge in [0, 0.05) is 61.6 Å². The van der Waals surface area contributed by atoms with Gasteiger partial charge in [-0.25, -0.2) is 9.78 Å². The van der Waals surface area contributed by atoms with E-state index in [1.54, 1.807) is 0 Å². The summed E-state index contributed by atoms with van der Waals surface area (Å²) >= 11 is 0. The van der Waals surface area contributed by atoms with E-state index in [1.807, 2.05) is 18.5 Å². The molecule has 0 unspecified atom stereocenters. The molecule has 4 heterocycles. The minimum atomic E-state index is -0.866. The second kappa shape index (κ2) is 8.53. The minimum Gasteiger partial charge on any atom is -0.465 e. The van der Waals surface area contributed by atoms with E-state index >= 15 is 0 Å². The first-order chi connectivity index (χ1) is 15.2. The quantitative estimate of drug-likeness (QED) is 0.673. The number of benzene rings is 1. The van der Waals surface area contributed by atoms with Crippen LogP contribution in [0.25, 0.3) is 27.7 Å². The molecule has 31 heavy (non-hydrogen) atoms. The van der Waals surface area contributed by atoms with Gasteiger partial charge in [0.2, 0.25) is 0 Å². The number of aromatic nitrogens is 2. The Balaban J connectivity index is 1.37. The van der Waals surface area contributed by atoms with Crippen LogP contribution in [0.3, 0.4) is 0 Å². The molecule has 1 aromatic carbocycles. The van der Waals surface area contributed by atoms with Crippen LogP contribution in [0.2, 0.25) is 0 Å². The van der Waals surface area contributed by atoms with E-state index in [0.717, 1.165) is 60.6 Å². The minimum absolute atomic E-state index is 0.426. The van der Waals surface area contributed by atoms with Crippen LogP contribution in [0, 0.1) is 0 Å². The number of hydrogen-bond donors (Lipinski definition) is 2. The summed E-state index contributed by atoms with van der Waals surface area (Å²) < 4.78 is 5.43. The molecule has 2 N–H and O–H groups in total. The van der Waals surface area contributed by atoms with E-state index < -0.39 is 6.09 Å². The zero-order valence-corrected chi connectivity index (χ0v) is 17.4. The molecule has 3 aromatic rings. The maximum absolute atomic E-state index is 11.2. The fourth-order valence-electron chi connectivity index (χ4n) is 4.33. The fourth-order valence-corrected chi connectivity index (χ4v) is 4.33. The summed E-state index contributed by atoms with van der Waals surface area (Å²) in [6, 6.07) is 10.9. The number of rotatable bonds is 4. The van der Waals surface area contributed by atoms with Gasteiger partial charge in [0.1, 0.15) is 5.65 Å². The molecule has 1 fully saturated rings. The molecular weight excluding hydrogens is 392 g/mol. The largest absolute Gasteiger partial charge is 0.465 e. The zero-order chi connectivity index (χ0) is 21.2. The van der Waals surface area contributed by atoms with Crippen molar-refractivity contribution in [1.29, 1.82) is 0 Å². The number of hydrogen-bond acceptors (Lipinski definition) is 4. The third-order valence-corrected chi connectivity index (χ3v) is 6.15. The third-order valence-electron chi connectivity index (χ3n) is 6.15. The molecule has 2 aliphatic rings. The summed E-state index contributed by atoms with van der Waals surface area (Å²) in [5, 5.41) is 10.2. The Morgan fingerprint density at radius 2 is 1.94 bits per heavy atom. The van der Waals surface area contributed by atoms with Crippen molar-refractivity contribution < 1.29 is 14.6 Å². The fraction of sp³-hybridized carbons (Fsp3) is 0.333. The average Bonchev–Trinajstić information content (AvgIpc) is 3.24. The lowest BCUT2D eigenvalue weighted by molar-refractivity contribution is 0.0342. The smallest absolute Gasteiger partial charge is 0.407 e. The third kappa shape index (κ3) is 4.19. The van der Waals surface area contributed by atoms with Crippen molar-refractivity contribution in [2.45, 2.75) is 13.0 Å². The van der Waals surface area contributed by atoms with E-state index in [2.05, 4.69) is 45.2 Å². The standard InChI is InChI=1S/C24H26N4O3/c29-24(30)28-7-5-19(6-8-28)22-15-26-23-21(22)13-20(14-25-23)18-3-1-17(2-4-18)16-27-9-11-31-12-10-27/h1-5,13-15H,6-12,16H2,(H,25,26)(H,29,30). The second-order valence-electron chi connectivity index (χ2n) is 8.12. The Morgan fingerprint density at radius 3 is 2.65 bits per heavy atom. The number of amides is 1. The number of carboxylic acid groups (broad SMARTS) is 1. The maximum atomic E-state index is 11.2. The number of pyridine rings is 1. The predicted molar refractivity (Wildman–Crippen MR) is 120 cm³/mol. The molecule has 2 aromatic heterocycles. The van der Waals surface area contributed by atoms with Gasteiger partial charge in [-0.3, -0.25) is 4.90 Å². The highest BCUT2D eigenvalue weighted by molar-refractivity contribution is 5.93. The Labute approximate surface area is 181 Å². The van der Waals surface area contributed by atoms with Gasteiger partial charge in [-0.15, -0.1) is 0 Å². The van der Waals surface area contributed by atoms with Gasteiger partial charge in [-0.1, -0.05) is 30.3 Å². The highest BCUT2D eigenvalue weighted by Gasteiger charge is 2.19. The van der Waals surface area contributed by atoms with E-state index in [-0.39, 0.29) is 0 Å². The maximum Gasteiger partial charge on any atom is 0.407 e. The molecule has 5 rings (SSSR count). The molecule has 7 heteroatoms. The first-order valence-electron chi connectivity index (χ1n) is 10.7. The molecule has 160 valence electrons. The molecule has 7 nitrogen and oxygen atoms in total. The molecule has 0 saturated carbocycles. The Kier molecular flexibility index (Phi) is 5.44. The van der Waals surface area contributed by atoms with Gasteiger partial charge >= 0.3 is 6.09 Å². The summed E-state index contributed by atoms with van der Waals surface area (Å²) in [5.74, 6) is 0. The molecular formula is C24H26N4O3. The molecule has 0 spiro atoms. The van der Waals surface area contributed by atoms with Crippen LogP contribution in [0.1, 0.15) is 17.5 Å². The van der Waals surface area contributed by atoms with Crippen LogP contribution >= 0.6 is 0 Å². The molecule has 0 aliphatic carbocycles. The lowest BCUT2D eigenvalue weighted by Gasteiger charge is -2.26. The van der Waals surface area contributed by atoms with Crippen molar-refractivity contribution in [3.8, 4) is 11.1 Å². The molecule has 0 atom stereocenters. The molecule has 1 saturated heterocycles. The number of carbonyl (C=O) groups is 1.